The number of aliphatic hydroxyl groups is 1. The molecule has 0 saturated carbocycles. The van der Waals surface area contributed by atoms with Gasteiger partial charge in [-0.15, -0.1) is 0 Å². The first-order chi connectivity index (χ1) is 15.1. The third-order valence-electron chi connectivity index (χ3n) is 5.97. The molecular formula is C24H22FNO5. The van der Waals surface area contributed by atoms with E-state index in [1.165, 1.54) is 13.2 Å². The van der Waals surface area contributed by atoms with Crippen LogP contribution in [0.5, 0.6) is 5.75 Å². The maximum atomic E-state index is 14.3. The number of benzene rings is 3. The van der Waals surface area contributed by atoms with Crippen LogP contribution in [0.25, 0.3) is 21.9 Å². The highest BCUT2D eigenvalue weighted by atomic mass is 19.1. The Labute approximate surface area is 178 Å². The third kappa shape index (κ3) is 3.35. The molecule has 31 heavy (non-hydrogen) atoms. The fourth-order valence-corrected chi connectivity index (χ4v) is 4.52. The van der Waals surface area contributed by atoms with E-state index in [-0.39, 0.29) is 37.0 Å². The van der Waals surface area contributed by atoms with Crippen molar-refractivity contribution in [3.63, 3.8) is 0 Å². The molecule has 0 aliphatic carbocycles. The van der Waals surface area contributed by atoms with Crippen molar-refractivity contribution in [1.82, 2.24) is 5.32 Å². The number of carbonyl (C=O) groups is 1. The minimum Gasteiger partial charge on any atom is -0.493 e. The predicted octanol–water partition coefficient (Wildman–Crippen LogP) is 2.91. The lowest BCUT2D eigenvalue weighted by atomic mass is 9.94. The number of carbonyl (C=O) groups excluding carboxylic acids is 1. The van der Waals surface area contributed by atoms with Gasteiger partial charge in [-0.3, -0.25) is 4.79 Å². The number of amides is 1. The number of fused-ring (bicyclic) bond motifs is 2. The van der Waals surface area contributed by atoms with Gasteiger partial charge in [0.05, 0.1) is 26.4 Å². The Hall–Kier alpha value is -3.00. The van der Waals surface area contributed by atoms with Crippen molar-refractivity contribution in [2.24, 2.45) is 0 Å². The van der Waals surface area contributed by atoms with Crippen LogP contribution in [0.3, 0.4) is 0 Å². The lowest BCUT2D eigenvalue weighted by Gasteiger charge is -2.18. The summed E-state index contributed by atoms with van der Waals surface area (Å²) in [6.45, 7) is 0.490. The zero-order valence-electron chi connectivity index (χ0n) is 16.9. The zero-order valence-corrected chi connectivity index (χ0v) is 16.9. The first-order valence-corrected chi connectivity index (χ1v) is 10.1. The van der Waals surface area contributed by atoms with Gasteiger partial charge in [-0.1, -0.05) is 42.5 Å². The molecule has 0 spiro atoms. The monoisotopic (exact) mass is 423 g/mol. The molecule has 3 aromatic carbocycles. The molecule has 0 bridgehead atoms. The number of rotatable bonds is 4. The van der Waals surface area contributed by atoms with E-state index in [4.69, 9.17) is 14.2 Å². The van der Waals surface area contributed by atoms with E-state index in [1.54, 1.807) is 24.3 Å². The van der Waals surface area contributed by atoms with Crippen molar-refractivity contribution in [2.75, 3.05) is 20.3 Å². The molecular weight excluding hydrogens is 401 g/mol. The SMILES string of the molecule is COc1c(F)cccc1-c1cccc2c(C(=O)N[C@H]3CO[C@H]4[C@@H]3OC[C@H]4O)cccc12. The summed E-state index contributed by atoms with van der Waals surface area (Å²) in [5.74, 6) is -0.537. The lowest BCUT2D eigenvalue weighted by Crippen LogP contribution is -2.44. The van der Waals surface area contributed by atoms with Crippen LogP contribution in [0.4, 0.5) is 4.39 Å². The Morgan fingerprint density at radius 1 is 1.00 bits per heavy atom. The van der Waals surface area contributed by atoms with Gasteiger partial charge in [0.1, 0.15) is 18.3 Å². The Morgan fingerprint density at radius 2 is 1.71 bits per heavy atom. The van der Waals surface area contributed by atoms with Crippen LogP contribution < -0.4 is 10.1 Å². The molecule has 0 radical (unpaired) electrons. The van der Waals surface area contributed by atoms with Crippen molar-refractivity contribution >= 4 is 16.7 Å². The molecule has 2 aliphatic rings. The summed E-state index contributed by atoms with van der Waals surface area (Å²) in [5, 5.41) is 14.5. The van der Waals surface area contributed by atoms with Crippen molar-refractivity contribution in [3.8, 4) is 16.9 Å². The van der Waals surface area contributed by atoms with Crippen LogP contribution >= 0.6 is 0 Å². The molecule has 7 heteroatoms. The Kier molecular flexibility index (Phi) is 5.09. The largest absolute Gasteiger partial charge is 0.493 e. The normalized spacial score (nSPS) is 24.9. The molecule has 2 heterocycles. The molecule has 0 aromatic heterocycles. The third-order valence-corrected chi connectivity index (χ3v) is 5.97. The smallest absolute Gasteiger partial charge is 0.252 e. The first-order valence-electron chi connectivity index (χ1n) is 10.1. The molecule has 4 atom stereocenters. The maximum Gasteiger partial charge on any atom is 0.252 e. The second-order valence-electron chi connectivity index (χ2n) is 7.77. The minimum atomic E-state index is -0.673. The average Bonchev–Trinajstić information content (AvgIpc) is 3.35. The molecule has 3 aromatic rings. The zero-order chi connectivity index (χ0) is 21.5. The first kappa shape index (κ1) is 19.9. The topological polar surface area (TPSA) is 77.0 Å². The highest BCUT2D eigenvalue weighted by Gasteiger charge is 2.47. The summed E-state index contributed by atoms with van der Waals surface area (Å²) in [6.07, 6.45) is -1.45. The molecule has 6 nitrogen and oxygen atoms in total. The van der Waals surface area contributed by atoms with E-state index < -0.39 is 18.0 Å². The second kappa shape index (κ2) is 7.92. The molecule has 160 valence electrons. The van der Waals surface area contributed by atoms with Crippen LogP contribution in [0, 0.1) is 5.82 Å². The van der Waals surface area contributed by atoms with Crippen molar-refractivity contribution in [1.29, 1.82) is 0 Å². The van der Waals surface area contributed by atoms with E-state index in [0.29, 0.717) is 11.1 Å². The molecule has 2 saturated heterocycles. The molecule has 2 aliphatic heterocycles. The van der Waals surface area contributed by atoms with Gasteiger partial charge >= 0.3 is 0 Å². The van der Waals surface area contributed by atoms with Crippen LogP contribution in [-0.4, -0.2) is 55.7 Å². The Bertz CT molecular complexity index is 1150. The number of aliphatic hydroxyl groups excluding tert-OH is 1. The van der Waals surface area contributed by atoms with Gasteiger partial charge in [-0.2, -0.15) is 0 Å². The molecule has 1 amide bonds. The number of hydrogen-bond acceptors (Lipinski definition) is 5. The lowest BCUT2D eigenvalue weighted by molar-refractivity contribution is 0.0178. The van der Waals surface area contributed by atoms with Gasteiger partial charge in [-0.05, 0) is 28.5 Å². The number of ether oxygens (including phenoxy) is 3. The summed E-state index contributed by atoms with van der Waals surface area (Å²) in [6, 6.07) is 15.5. The fraction of sp³-hybridized carbons (Fsp3) is 0.292. The predicted molar refractivity (Wildman–Crippen MR) is 113 cm³/mol. The summed E-state index contributed by atoms with van der Waals surface area (Å²) >= 11 is 0. The quantitative estimate of drug-likeness (QED) is 0.675. The van der Waals surface area contributed by atoms with E-state index in [2.05, 4.69) is 5.32 Å². The summed E-state index contributed by atoms with van der Waals surface area (Å²) in [7, 11) is 1.44. The van der Waals surface area contributed by atoms with Crippen LogP contribution in [-0.2, 0) is 9.47 Å². The van der Waals surface area contributed by atoms with Gasteiger partial charge in [0.2, 0.25) is 0 Å². The van der Waals surface area contributed by atoms with E-state index in [9.17, 15) is 14.3 Å². The fourth-order valence-electron chi connectivity index (χ4n) is 4.52. The van der Waals surface area contributed by atoms with Crippen LogP contribution in [0.15, 0.2) is 54.6 Å². The number of nitrogens with one attached hydrogen (secondary N) is 1. The number of hydrogen-bond donors (Lipinski definition) is 2. The van der Waals surface area contributed by atoms with Gasteiger partial charge in [0, 0.05) is 11.1 Å². The van der Waals surface area contributed by atoms with Gasteiger partial charge in [-0.25, -0.2) is 4.39 Å². The molecule has 2 fully saturated rings. The summed E-state index contributed by atoms with van der Waals surface area (Å²) < 4.78 is 30.8. The number of para-hydroxylation sites is 1. The molecule has 0 unspecified atom stereocenters. The molecule has 2 N–H and O–H groups in total. The summed E-state index contributed by atoms with van der Waals surface area (Å²) in [4.78, 5) is 13.1. The van der Waals surface area contributed by atoms with Crippen molar-refractivity contribution < 1.29 is 28.5 Å². The minimum absolute atomic E-state index is 0.163. The maximum absolute atomic E-state index is 14.3. The number of halogens is 1. The highest BCUT2D eigenvalue weighted by molar-refractivity contribution is 6.10. The van der Waals surface area contributed by atoms with Gasteiger partial charge in [0.25, 0.3) is 5.91 Å². The number of methoxy groups -OCH3 is 1. The van der Waals surface area contributed by atoms with E-state index >= 15 is 0 Å². The van der Waals surface area contributed by atoms with E-state index in [1.807, 2.05) is 24.3 Å². The van der Waals surface area contributed by atoms with Gasteiger partial charge in [0.15, 0.2) is 11.6 Å². The van der Waals surface area contributed by atoms with Crippen molar-refractivity contribution in [3.05, 3.63) is 66.0 Å². The van der Waals surface area contributed by atoms with E-state index in [0.717, 1.165) is 16.3 Å². The van der Waals surface area contributed by atoms with Crippen molar-refractivity contribution in [2.45, 2.75) is 24.4 Å². The Balaban J connectivity index is 1.51. The molecule has 5 rings (SSSR count). The highest BCUT2D eigenvalue weighted by Crippen LogP contribution is 2.37. The standard InChI is InChI=1S/C24H22FNO5/c1-29-21-16(8-4-10-18(21)25)14-6-2-7-15-13(14)5-3-9-17(15)24(28)26-19-11-30-23-20(27)12-31-22(19)23/h2-10,19-20,22-23,27H,11-12H2,1H3,(H,26,28)/t19-,20+,22+,23+/m0/s1. The summed E-state index contributed by atoms with van der Waals surface area (Å²) in [5.41, 5.74) is 1.89. The van der Waals surface area contributed by atoms with Crippen LogP contribution in [0.2, 0.25) is 0 Å². The average molecular weight is 423 g/mol. The second-order valence-corrected chi connectivity index (χ2v) is 7.77. The Morgan fingerprint density at radius 3 is 2.55 bits per heavy atom. The van der Waals surface area contributed by atoms with Crippen LogP contribution in [0.1, 0.15) is 10.4 Å². The van der Waals surface area contributed by atoms with Gasteiger partial charge < -0.3 is 24.6 Å².